The van der Waals surface area contributed by atoms with Gasteiger partial charge in [-0.05, 0) is 48.2 Å². The van der Waals surface area contributed by atoms with Crippen LogP contribution in [0.25, 0.3) is 10.9 Å². The van der Waals surface area contributed by atoms with Crippen molar-refractivity contribution in [3.8, 4) is 0 Å². The van der Waals surface area contributed by atoms with Crippen LogP contribution >= 0.6 is 15.9 Å². The Hall–Kier alpha value is -1.52. The maximum atomic E-state index is 5.74. The average molecular weight is 319 g/mol. The molecule has 0 fully saturated rings. The van der Waals surface area contributed by atoms with Crippen LogP contribution in [0, 0.1) is 0 Å². The molecule has 3 rings (SSSR count). The first kappa shape index (κ1) is 12.5. The SMILES string of the molecule is CN(C)C(c1ccc(Br)o1)c1c[nH]c2ccccc12. The summed E-state index contributed by atoms with van der Waals surface area (Å²) in [5.41, 5.74) is 2.37. The number of para-hydroxylation sites is 1. The van der Waals surface area contributed by atoms with Gasteiger partial charge >= 0.3 is 0 Å². The number of nitrogens with one attached hydrogen (secondary N) is 1. The molecule has 19 heavy (non-hydrogen) atoms. The van der Waals surface area contributed by atoms with Crippen LogP contribution in [-0.2, 0) is 0 Å². The molecule has 3 aromatic rings. The van der Waals surface area contributed by atoms with Crippen molar-refractivity contribution in [2.75, 3.05) is 14.1 Å². The van der Waals surface area contributed by atoms with Gasteiger partial charge in [0.2, 0.25) is 0 Å². The second-order valence-corrected chi connectivity index (χ2v) is 5.58. The molecular formula is C15H15BrN2O. The van der Waals surface area contributed by atoms with E-state index in [1.54, 1.807) is 0 Å². The van der Waals surface area contributed by atoms with Gasteiger partial charge in [0, 0.05) is 22.7 Å². The van der Waals surface area contributed by atoms with E-state index in [0.717, 1.165) is 15.9 Å². The Kier molecular flexibility index (Phi) is 3.21. The topological polar surface area (TPSA) is 32.2 Å². The number of halogens is 1. The van der Waals surface area contributed by atoms with Crippen molar-refractivity contribution < 1.29 is 4.42 Å². The van der Waals surface area contributed by atoms with Gasteiger partial charge in [-0.15, -0.1) is 0 Å². The number of hydrogen-bond donors (Lipinski definition) is 1. The Bertz CT molecular complexity index is 699. The molecule has 4 heteroatoms. The lowest BCUT2D eigenvalue weighted by atomic mass is 10.0. The second-order valence-electron chi connectivity index (χ2n) is 4.80. The van der Waals surface area contributed by atoms with E-state index >= 15 is 0 Å². The first-order valence-corrected chi connectivity index (χ1v) is 6.94. The highest BCUT2D eigenvalue weighted by Crippen LogP contribution is 2.33. The standard InChI is InChI=1S/C15H15BrN2O/c1-18(2)15(13-7-8-14(16)19-13)11-9-17-12-6-4-3-5-10(11)12/h3-9,15,17H,1-2H3. The maximum absolute atomic E-state index is 5.74. The zero-order valence-corrected chi connectivity index (χ0v) is 12.4. The summed E-state index contributed by atoms with van der Waals surface area (Å²) < 4.78 is 6.50. The van der Waals surface area contributed by atoms with Gasteiger partial charge < -0.3 is 9.40 Å². The second kappa shape index (κ2) is 4.87. The molecule has 0 spiro atoms. The minimum atomic E-state index is 0.0995. The number of furan rings is 1. The molecule has 1 aromatic carbocycles. The van der Waals surface area contributed by atoms with E-state index in [2.05, 4.69) is 64.3 Å². The molecule has 2 heterocycles. The molecule has 1 unspecified atom stereocenters. The van der Waals surface area contributed by atoms with Crippen molar-refractivity contribution in [1.82, 2.24) is 9.88 Å². The number of hydrogen-bond acceptors (Lipinski definition) is 2. The lowest BCUT2D eigenvalue weighted by Gasteiger charge is -2.22. The van der Waals surface area contributed by atoms with Crippen molar-refractivity contribution in [2.24, 2.45) is 0 Å². The first-order chi connectivity index (χ1) is 9.16. The molecule has 98 valence electrons. The lowest BCUT2D eigenvalue weighted by molar-refractivity contribution is 0.294. The van der Waals surface area contributed by atoms with Crippen LogP contribution in [0.1, 0.15) is 17.4 Å². The van der Waals surface area contributed by atoms with Crippen molar-refractivity contribution in [2.45, 2.75) is 6.04 Å². The largest absolute Gasteiger partial charge is 0.452 e. The molecule has 0 saturated carbocycles. The molecule has 3 nitrogen and oxygen atoms in total. The van der Waals surface area contributed by atoms with Crippen molar-refractivity contribution in [3.05, 3.63) is 58.6 Å². The zero-order valence-electron chi connectivity index (χ0n) is 10.9. The zero-order chi connectivity index (χ0) is 13.4. The van der Waals surface area contributed by atoms with Crippen LogP contribution in [-0.4, -0.2) is 24.0 Å². The predicted octanol–water partition coefficient (Wildman–Crippen LogP) is 4.17. The van der Waals surface area contributed by atoms with E-state index in [4.69, 9.17) is 4.42 Å². The van der Waals surface area contributed by atoms with Gasteiger partial charge in [0.1, 0.15) is 5.76 Å². The third-order valence-electron chi connectivity index (χ3n) is 3.30. The van der Waals surface area contributed by atoms with Crippen LogP contribution in [0.15, 0.2) is 51.7 Å². The number of H-pyrrole nitrogens is 1. The summed E-state index contributed by atoms with van der Waals surface area (Å²) in [6.07, 6.45) is 2.06. The Labute approximate surface area is 120 Å². The summed E-state index contributed by atoms with van der Waals surface area (Å²) in [5, 5.41) is 1.23. The Morgan fingerprint density at radius 1 is 1.16 bits per heavy atom. The van der Waals surface area contributed by atoms with E-state index in [9.17, 15) is 0 Å². The number of nitrogens with zero attached hydrogens (tertiary/aromatic N) is 1. The number of benzene rings is 1. The maximum Gasteiger partial charge on any atom is 0.169 e. The van der Waals surface area contributed by atoms with Crippen LogP contribution < -0.4 is 0 Å². The summed E-state index contributed by atoms with van der Waals surface area (Å²) in [5.74, 6) is 0.932. The lowest BCUT2D eigenvalue weighted by Crippen LogP contribution is -2.20. The summed E-state index contributed by atoms with van der Waals surface area (Å²) in [6.45, 7) is 0. The fourth-order valence-corrected chi connectivity index (χ4v) is 2.80. The number of rotatable bonds is 3. The highest BCUT2D eigenvalue weighted by Gasteiger charge is 2.22. The quantitative estimate of drug-likeness (QED) is 0.785. The van der Waals surface area contributed by atoms with E-state index < -0.39 is 0 Å². The predicted molar refractivity (Wildman–Crippen MR) is 80.2 cm³/mol. The van der Waals surface area contributed by atoms with Crippen LogP contribution in [0.3, 0.4) is 0 Å². The van der Waals surface area contributed by atoms with Crippen LogP contribution in [0.2, 0.25) is 0 Å². The molecule has 1 atom stereocenters. The minimum absolute atomic E-state index is 0.0995. The Morgan fingerprint density at radius 3 is 2.63 bits per heavy atom. The van der Waals surface area contributed by atoms with Crippen LogP contribution in [0.5, 0.6) is 0 Å². The van der Waals surface area contributed by atoms with E-state index in [-0.39, 0.29) is 6.04 Å². The highest BCUT2D eigenvalue weighted by molar-refractivity contribution is 9.10. The van der Waals surface area contributed by atoms with Gasteiger partial charge in [-0.2, -0.15) is 0 Å². The normalized spacial score (nSPS) is 13.3. The van der Waals surface area contributed by atoms with Gasteiger partial charge in [0.25, 0.3) is 0 Å². The molecule has 0 aliphatic heterocycles. The molecule has 0 aliphatic rings. The fraction of sp³-hybridized carbons (Fsp3) is 0.200. The van der Waals surface area contributed by atoms with Gasteiger partial charge in [-0.1, -0.05) is 18.2 Å². The summed E-state index contributed by atoms with van der Waals surface area (Å²) in [7, 11) is 4.12. The van der Waals surface area contributed by atoms with Crippen molar-refractivity contribution >= 4 is 26.8 Å². The molecule has 0 radical (unpaired) electrons. The summed E-state index contributed by atoms with van der Waals surface area (Å²) in [6, 6.07) is 12.4. The smallest absolute Gasteiger partial charge is 0.169 e. The molecule has 0 bridgehead atoms. The molecule has 0 saturated heterocycles. The monoisotopic (exact) mass is 318 g/mol. The molecule has 0 aliphatic carbocycles. The highest BCUT2D eigenvalue weighted by atomic mass is 79.9. The third kappa shape index (κ3) is 2.22. The Balaban J connectivity index is 2.15. The molecule has 2 aromatic heterocycles. The van der Waals surface area contributed by atoms with Gasteiger partial charge in [0.05, 0.1) is 6.04 Å². The molecule has 0 amide bonds. The number of aromatic amines is 1. The average Bonchev–Trinajstić information content (AvgIpc) is 2.98. The van der Waals surface area contributed by atoms with E-state index in [0.29, 0.717) is 0 Å². The third-order valence-corrected chi connectivity index (χ3v) is 3.72. The van der Waals surface area contributed by atoms with E-state index in [1.165, 1.54) is 10.9 Å². The van der Waals surface area contributed by atoms with Gasteiger partial charge in [0.15, 0.2) is 4.67 Å². The van der Waals surface area contributed by atoms with Crippen molar-refractivity contribution in [3.63, 3.8) is 0 Å². The molecule has 1 N–H and O–H groups in total. The van der Waals surface area contributed by atoms with Crippen molar-refractivity contribution in [1.29, 1.82) is 0 Å². The number of aromatic nitrogens is 1. The summed E-state index contributed by atoms with van der Waals surface area (Å²) >= 11 is 3.37. The van der Waals surface area contributed by atoms with Gasteiger partial charge in [-0.3, -0.25) is 4.90 Å². The summed E-state index contributed by atoms with van der Waals surface area (Å²) in [4.78, 5) is 5.47. The Morgan fingerprint density at radius 2 is 1.95 bits per heavy atom. The number of fused-ring (bicyclic) bond motifs is 1. The van der Waals surface area contributed by atoms with E-state index in [1.807, 2.05) is 18.2 Å². The molecular weight excluding hydrogens is 304 g/mol. The van der Waals surface area contributed by atoms with Crippen LogP contribution in [0.4, 0.5) is 0 Å². The minimum Gasteiger partial charge on any atom is -0.452 e. The van der Waals surface area contributed by atoms with Gasteiger partial charge in [-0.25, -0.2) is 0 Å². The first-order valence-electron chi connectivity index (χ1n) is 6.14. The fourth-order valence-electron chi connectivity index (χ4n) is 2.48.